The Morgan fingerprint density at radius 1 is 1.17 bits per heavy atom. The van der Waals surface area contributed by atoms with Gasteiger partial charge in [0.1, 0.15) is 0 Å². The van der Waals surface area contributed by atoms with E-state index in [0.717, 1.165) is 12.0 Å². The lowest BCUT2D eigenvalue weighted by Crippen LogP contribution is -2.42. The van der Waals surface area contributed by atoms with Crippen molar-refractivity contribution >= 4 is 11.8 Å². The molecule has 0 aliphatic rings. The molecule has 1 unspecified atom stereocenters. The van der Waals surface area contributed by atoms with Gasteiger partial charge in [-0.15, -0.1) is 0 Å². The van der Waals surface area contributed by atoms with Crippen molar-refractivity contribution in [3.8, 4) is 0 Å². The predicted octanol–water partition coefficient (Wildman–Crippen LogP) is 1.99. The van der Waals surface area contributed by atoms with Crippen molar-refractivity contribution < 1.29 is 14.7 Å². The van der Waals surface area contributed by atoms with E-state index in [1.807, 2.05) is 19.1 Å². The monoisotopic (exact) mass is 320 g/mol. The van der Waals surface area contributed by atoms with Crippen LogP contribution in [0.2, 0.25) is 0 Å². The minimum absolute atomic E-state index is 0.0330. The van der Waals surface area contributed by atoms with Crippen molar-refractivity contribution in [3.05, 3.63) is 35.4 Å². The molecule has 0 spiro atoms. The third kappa shape index (κ3) is 6.40. The molecule has 1 aromatic rings. The van der Waals surface area contributed by atoms with Crippen LogP contribution in [0.1, 0.15) is 56.5 Å². The van der Waals surface area contributed by atoms with E-state index in [4.69, 9.17) is 5.11 Å². The second-order valence-corrected chi connectivity index (χ2v) is 6.69. The zero-order chi connectivity index (χ0) is 17.5. The molecule has 0 bridgehead atoms. The first kappa shape index (κ1) is 19.2. The Labute approximate surface area is 138 Å². The molecule has 23 heavy (non-hydrogen) atoms. The highest BCUT2D eigenvalue weighted by Crippen LogP contribution is 2.22. The Morgan fingerprint density at radius 3 is 2.26 bits per heavy atom. The van der Waals surface area contributed by atoms with Crippen LogP contribution in [-0.4, -0.2) is 36.1 Å². The fourth-order valence-corrected chi connectivity index (χ4v) is 2.20. The minimum atomic E-state index is -0.268. The molecule has 5 heteroatoms. The average molecular weight is 320 g/mol. The van der Waals surface area contributed by atoms with Crippen LogP contribution in [0.3, 0.4) is 0 Å². The van der Waals surface area contributed by atoms with Crippen LogP contribution in [0, 0.1) is 0 Å². The average Bonchev–Trinajstić information content (AvgIpc) is 2.51. The molecule has 1 aromatic carbocycles. The topological polar surface area (TPSA) is 78.4 Å². The third-order valence-corrected chi connectivity index (χ3v) is 3.76. The lowest BCUT2D eigenvalue weighted by molar-refractivity contribution is -0.120. The van der Waals surface area contributed by atoms with Gasteiger partial charge in [0.05, 0.1) is 6.54 Å². The van der Waals surface area contributed by atoms with Crippen molar-refractivity contribution in [2.75, 3.05) is 13.2 Å². The third-order valence-electron chi connectivity index (χ3n) is 3.76. The van der Waals surface area contributed by atoms with Crippen molar-refractivity contribution in [2.24, 2.45) is 0 Å². The summed E-state index contributed by atoms with van der Waals surface area (Å²) < 4.78 is 0. The Hall–Kier alpha value is -1.88. The first-order valence-corrected chi connectivity index (χ1v) is 8.07. The Bertz CT molecular complexity index is 518. The molecule has 0 radical (unpaired) electrons. The molecule has 0 fully saturated rings. The fourth-order valence-electron chi connectivity index (χ4n) is 2.20. The van der Waals surface area contributed by atoms with Crippen molar-refractivity contribution in [2.45, 2.75) is 52.0 Å². The van der Waals surface area contributed by atoms with Gasteiger partial charge in [-0.2, -0.15) is 0 Å². The fraction of sp³-hybridized carbons (Fsp3) is 0.556. The summed E-state index contributed by atoms with van der Waals surface area (Å²) in [7, 11) is 0. The molecule has 1 rings (SSSR count). The van der Waals surface area contributed by atoms with Gasteiger partial charge in [0.2, 0.25) is 5.91 Å². The molecule has 0 saturated heterocycles. The van der Waals surface area contributed by atoms with Crippen LogP contribution in [0.4, 0.5) is 0 Å². The Morgan fingerprint density at radius 2 is 1.78 bits per heavy atom. The van der Waals surface area contributed by atoms with E-state index in [9.17, 15) is 9.59 Å². The van der Waals surface area contributed by atoms with Gasteiger partial charge in [-0.1, -0.05) is 39.8 Å². The smallest absolute Gasteiger partial charge is 0.251 e. The number of aliphatic hydroxyl groups excluding tert-OH is 1. The molecular weight excluding hydrogens is 292 g/mol. The minimum Gasteiger partial charge on any atom is -0.396 e. The number of amides is 2. The van der Waals surface area contributed by atoms with Gasteiger partial charge in [0.15, 0.2) is 0 Å². The summed E-state index contributed by atoms with van der Waals surface area (Å²) in [5, 5.41) is 14.3. The molecule has 1 atom stereocenters. The van der Waals surface area contributed by atoms with Gasteiger partial charge >= 0.3 is 0 Å². The number of rotatable bonds is 7. The van der Waals surface area contributed by atoms with Gasteiger partial charge in [-0.25, -0.2) is 0 Å². The summed E-state index contributed by atoms with van der Waals surface area (Å²) in [4.78, 5) is 23.9. The largest absolute Gasteiger partial charge is 0.396 e. The number of aliphatic hydroxyl groups is 1. The van der Waals surface area contributed by atoms with Crippen LogP contribution >= 0.6 is 0 Å². The van der Waals surface area contributed by atoms with E-state index in [-0.39, 0.29) is 36.4 Å². The first-order chi connectivity index (χ1) is 10.8. The number of carbonyl (C=O) groups excluding carboxylic acids is 2. The highest BCUT2D eigenvalue weighted by atomic mass is 16.3. The molecule has 5 nitrogen and oxygen atoms in total. The maximum atomic E-state index is 12.1. The van der Waals surface area contributed by atoms with Crippen molar-refractivity contribution in [3.63, 3.8) is 0 Å². The van der Waals surface area contributed by atoms with Crippen LogP contribution in [0.5, 0.6) is 0 Å². The second kappa shape index (κ2) is 8.67. The van der Waals surface area contributed by atoms with Crippen LogP contribution < -0.4 is 10.6 Å². The zero-order valence-electron chi connectivity index (χ0n) is 14.5. The summed E-state index contributed by atoms with van der Waals surface area (Å²) in [6.45, 7) is 8.25. The van der Waals surface area contributed by atoms with Crippen LogP contribution in [-0.2, 0) is 10.2 Å². The lowest BCUT2D eigenvalue weighted by atomic mass is 9.87. The summed E-state index contributed by atoms with van der Waals surface area (Å²) in [5.41, 5.74) is 1.73. The van der Waals surface area contributed by atoms with Gasteiger partial charge in [0.25, 0.3) is 5.91 Å². The van der Waals surface area contributed by atoms with E-state index in [1.54, 1.807) is 12.1 Å². The highest BCUT2D eigenvalue weighted by Gasteiger charge is 2.15. The van der Waals surface area contributed by atoms with E-state index < -0.39 is 0 Å². The Kier molecular flexibility index (Phi) is 7.23. The molecule has 128 valence electrons. The molecule has 2 amide bonds. The quantitative estimate of drug-likeness (QED) is 0.719. The molecular formula is C18H28N2O3. The lowest BCUT2D eigenvalue weighted by Gasteiger charge is -2.19. The highest BCUT2D eigenvalue weighted by molar-refractivity contribution is 5.96. The number of hydrogen-bond donors (Lipinski definition) is 3. The molecule has 0 aromatic heterocycles. The predicted molar refractivity (Wildman–Crippen MR) is 91.4 cm³/mol. The number of carbonyl (C=O) groups is 2. The molecule has 0 aliphatic heterocycles. The van der Waals surface area contributed by atoms with Crippen molar-refractivity contribution in [1.82, 2.24) is 10.6 Å². The molecule has 3 N–H and O–H groups in total. The van der Waals surface area contributed by atoms with E-state index in [1.165, 1.54) is 0 Å². The number of hydrogen-bond acceptors (Lipinski definition) is 3. The van der Waals surface area contributed by atoms with E-state index in [2.05, 4.69) is 31.4 Å². The van der Waals surface area contributed by atoms with Crippen LogP contribution in [0.25, 0.3) is 0 Å². The normalized spacial score (nSPS) is 12.6. The van der Waals surface area contributed by atoms with Gasteiger partial charge < -0.3 is 15.7 Å². The van der Waals surface area contributed by atoms with E-state index >= 15 is 0 Å². The summed E-state index contributed by atoms with van der Waals surface area (Å²) in [6, 6.07) is 7.35. The molecule has 0 saturated carbocycles. The maximum Gasteiger partial charge on any atom is 0.251 e. The van der Waals surface area contributed by atoms with E-state index in [0.29, 0.717) is 12.0 Å². The standard InChI is InChI=1S/C18H28N2O3/c1-5-15(10-11-21)20-16(22)12-19-17(23)13-6-8-14(9-7-13)18(2,3)4/h6-9,15,21H,5,10-12H2,1-4H3,(H,19,23)(H,20,22). The summed E-state index contributed by atoms with van der Waals surface area (Å²) >= 11 is 0. The van der Waals surface area contributed by atoms with Crippen molar-refractivity contribution in [1.29, 1.82) is 0 Å². The zero-order valence-corrected chi connectivity index (χ0v) is 14.5. The van der Waals surface area contributed by atoms with Gasteiger partial charge in [-0.05, 0) is 36.0 Å². The SMILES string of the molecule is CCC(CCO)NC(=O)CNC(=O)c1ccc(C(C)(C)C)cc1. The van der Waals surface area contributed by atoms with Gasteiger partial charge in [-0.3, -0.25) is 9.59 Å². The first-order valence-electron chi connectivity index (χ1n) is 8.07. The molecule has 0 aliphatic carbocycles. The van der Waals surface area contributed by atoms with Crippen LogP contribution in [0.15, 0.2) is 24.3 Å². The number of nitrogens with one attached hydrogen (secondary N) is 2. The second-order valence-electron chi connectivity index (χ2n) is 6.69. The Balaban J connectivity index is 2.52. The maximum absolute atomic E-state index is 12.1. The summed E-state index contributed by atoms with van der Waals surface area (Å²) in [6.07, 6.45) is 1.26. The van der Waals surface area contributed by atoms with Gasteiger partial charge in [0, 0.05) is 18.2 Å². The number of benzene rings is 1. The molecule has 0 heterocycles. The summed E-state index contributed by atoms with van der Waals surface area (Å²) in [5.74, 6) is -0.513.